The van der Waals surface area contributed by atoms with Crippen molar-refractivity contribution in [1.82, 2.24) is 20.2 Å². The molecule has 0 atom stereocenters. The van der Waals surface area contributed by atoms with Gasteiger partial charge in [-0.3, -0.25) is 4.79 Å². The molecule has 0 saturated heterocycles. The molecule has 128 valence electrons. The second-order valence-electron chi connectivity index (χ2n) is 4.83. The van der Waals surface area contributed by atoms with Crippen LogP contribution in [0.3, 0.4) is 0 Å². The van der Waals surface area contributed by atoms with Crippen molar-refractivity contribution >= 4 is 11.6 Å². The first-order valence-electron chi connectivity index (χ1n) is 6.93. The number of hydrogen-bond acceptors (Lipinski definition) is 5. The maximum atomic E-state index is 13.8. The van der Waals surface area contributed by atoms with Crippen LogP contribution in [-0.4, -0.2) is 32.7 Å². The highest BCUT2D eigenvalue weighted by Gasteiger charge is 2.12. The number of nitrogens with one attached hydrogen (secondary N) is 1. The first-order chi connectivity index (χ1) is 12.0. The minimum absolute atomic E-state index is 0.124. The third-order valence-electron chi connectivity index (χ3n) is 3.09. The van der Waals surface area contributed by atoms with E-state index in [9.17, 15) is 18.0 Å². The number of tetrazole rings is 1. The highest BCUT2D eigenvalue weighted by atomic mass is 19.1. The number of amides is 1. The fourth-order valence-electron chi connectivity index (χ4n) is 1.95. The quantitative estimate of drug-likeness (QED) is 0.763. The number of hydrogen-bond donors (Lipinski definition) is 1. The van der Waals surface area contributed by atoms with E-state index in [0.717, 1.165) is 18.2 Å². The van der Waals surface area contributed by atoms with Crippen LogP contribution in [0.2, 0.25) is 0 Å². The molecule has 0 bridgehead atoms. The number of rotatable bonds is 5. The SMILES string of the molecule is O=C(COc1ccc(F)cc1F)Nc1cc(-n2cnnn2)ccc1F. The average molecular weight is 349 g/mol. The molecule has 0 unspecified atom stereocenters. The Hall–Kier alpha value is -3.43. The van der Waals surface area contributed by atoms with Crippen LogP contribution in [0.15, 0.2) is 42.7 Å². The first-order valence-corrected chi connectivity index (χ1v) is 6.93. The summed E-state index contributed by atoms with van der Waals surface area (Å²) in [5, 5.41) is 12.9. The molecule has 0 saturated carbocycles. The maximum Gasteiger partial charge on any atom is 0.262 e. The number of nitrogens with zero attached hydrogens (tertiary/aromatic N) is 4. The molecule has 1 amide bonds. The predicted molar refractivity (Wildman–Crippen MR) is 79.6 cm³/mol. The predicted octanol–water partition coefficient (Wildman–Crippen LogP) is 2.10. The van der Waals surface area contributed by atoms with Crippen LogP contribution in [-0.2, 0) is 4.79 Å². The van der Waals surface area contributed by atoms with Crippen LogP contribution in [0.25, 0.3) is 5.69 Å². The summed E-state index contributed by atoms with van der Waals surface area (Å²) in [7, 11) is 0. The lowest BCUT2D eigenvalue weighted by molar-refractivity contribution is -0.118. The number of carbonyl (C=O) groups is 1. The number of anilines is 1. The number of ether oxygens (including phenoxy) is 1. The van der Waals surface area contributed by atoms with Crippen LogP contribution in [0.4, 0.5) is 18.9 Å². The Morgan fingerprint density at radius 1 is 1.12 bits per heavy atom. The van der Waals surface area contributed by atoms with Gasteiger partial charge >= 0.3 is 0 Å². The van der Waals surface area contributed by atoms with Crippen molar-refractivity contribution in [3.63, 3.8) is 0 Å². The third kappa shape index (κ3) is 3.91. The molecular weight excluding hydrogens is 339 g/mol. The zero-order valence-electron chi connectivity index (χ0n) is 12.5. The van der Waals surface area contributed by atoms with Crippen molar-refractivity contribution in [3.05, 3.63) is 60.2 Å². The van der Waals surface area contributed by atoms with Crippen LogP contribution < -0.4 is 10.1 Å². The van der Waals surface area contributed by atoms with Crippen molar-refractivity contribution in [2.45, 2.75) is 0 Å². The van der Waals surface area contributed by atoms with Gasteiger partial charge < -0.3 is 10.1 Å². The van der Waals surface area contributed by atoms with Crippen molar-refractivity contribution in [2.75, 3.05) is 11.9 Å². The van der Waals surface area contributed by atoms with Crippen LogP contribution >= 0.6 is 0 Å². The lowest BCUT2D eigenvalue weighted by Gasteiger charge is -2.10. The van der Waals surface area contributed by atoms with Gasteiger partial charge in [-0.25, -0.2) is 17.9 Å². The molecule has 3 aromatic rings. The topological polar surface area (TPSA) is 81.9 Å². The zero-order chi connectivity index (χ0) is 17.8. The highest BCUT2D eigenvalue weighted by molar-refractivity contribution is 5.92. The van der Waals surface area contributed by atoms with Crippen molar-refractivity contribution < 1.29 is 22.7 Å². The molecule has 0 aliphatic carbocycles. The number of benzene rings is 2. The minimum Gasteiger partial charge on any atom is -0.481 e. The zero-order valence-corrected chi connectivity index (χ0v) is 12.5. The molecule has 1 aromatic heterocycles. The van der Waals surface area contributed by atoms with Gasteiger partial charge in [-0.1, -0.05) is 0 Å². The molecule has 1 heterocycles. The normalized spacial score (nSPS) is 10.5. The summed E-state index contributed by atoms with van der Waals surface area (Å²) < 4.78 is 46.3. The van der Waals surface area contributed by atoms with Gasteiger partial charge in [0.1, 0.15) is 18.0 Å². The molecule has 25 heavy (non-hydrogen) atoms. The Kier molecular flexibility index (Phi) is 4.59. The van der Waals surface area contributed by atoms with Crippen molar-refractivity contribution in [1.29, 1.82) is 0 Å². The molecule has 0 aliphatic heterocycles. The Morgan fingerprint density at radius 3 is 2.68 bits per heavy atom. The van der Waals surface area contributed by atoms with Gasteiger partial charge in [0.15, 0.2) is 18.2 Å². The average Bonchev–Trinajstić information content (AvgIpc) is 3.10. The van der Waals surface area contributed by atoms with Crippen LogP contribution in [0, 0.1) is 17.5 Å². The van der Waals surface area contributed by atoms with E-state index in [4.69, 9.17) is 4.74 Å². The number of halogens is 3. The van der Waals surface area contributed by atoms with Gasteiger partial charge in [-0.15, -0.1) is 5.10 Å². The number of carbonyl (C=O) groups excluding carboxylic acids is 1. The molecule has 1 N–H and O–H groups in total. The summed E-state index contributed by atoms with van der Waals surface area (Å²) in [5.74, 6) is -3.41. The lowest BCUT2D eigenvalue weighted by atomic mass is 10.2. The van der Waals surface area contributed by atoms with E-state index in [-0.39, 0.29) is 11.4 Å². The molecular formula is C15H10F3N5O2. The van der Waals surface area contributed by atoms with Gasteiger partial charge in [-0.2, -0.15) is 0 Å². The Morgan fingerprint density at radius 2 is 1.96 bits per heavy atom. The van der Waals surface area contributed by atoms with E-state index in [1.54, 1.807) is 0 Å². The fourth-order valence-corrected chi connectivity index (χ4v) is 1.95. The van der Waals surface area contributed by atoms with Crippen molar-refractivity contribution in [3.8, 4) is 11.4 Å². The van der Waals surface area contributed by atoms with E-state index in [2.05, 4.69) is 20.8 Å². The standard InChI is InChI=1S/C15H10F3N5O2/c16-9-1-4-14(12(18)5-9)25-7-15(24)20-13-6-10(2-3-11(13)17)23-8-19-21-22-23/h1-6,8H,7H2,(H,20,24). The molecule has 10 heteroatoms. The summed E-state index contributed by atoms with van der Waals surface area (Å²) in [6.07, 6.45) is 1.30. The lowest BCUT2D eigenvalue weighted by Crippen LogP contribution is -2.21. The monoisotopic (exact) mass is 349 g/mol. The third-order valence-corrected chi connectivity index (χ3v) is 3.09. The second kappa shape index (κ2) is 6.99. The van der Waals surface area contributed by atoms with E-state index in [1.165, 1.54) is 23.1 Å². The van der Waals surface area contributed by atoms with Crippen LogP contribution in [0.1, 0.15) is 0 Å². The Labute approximate surface area is 139 Å². The van der Waals surface area contributed by atoms with Crippen molar-refractivity contribution in [2.24, 2.45) is 0 Å². The minimum atomic E-state index is -0.945. The van der Waals surface area contributed by atoms with Gasteiger partial charge in [-0.05, 0) is 40.8 Å². The van der Waals surface area contributed by atoms with Gasteiger partial charge in [0.2, 0.25) is 0 Å². The molecule has 3 rings (SSSR count). The molecule has 0 aliphatic rings. The second-order valence-corrected chi connectivity index (χ2v) is 4.83. The van der Waals surface area contributed by atoms with Gasteiger partial charge in [0.25, 0.3) is 5.91 Å². The first kappa shape index (κ1) is 16.4. The molecule has 7 nitrogen and oxygen atoms in total. The molecule has 0 spiro atoms. The van der Waals surface area contributed by atoms with E-state index >= 15 is 0 Å². The smallest absolute Gasteiger partial charge is 0.262 e. The summed E-state index contributed by atoms with van der Waals surface area (Å²) >= 11 is 0. The summed E-state index contributed by atoms with van der Waals surface area (Å²) in [5.41, 5.74) is 0.299. The Balaban J connectivity index is 1.67. The van der Waals surface area contributed by atoms with Gasteiger partial charge in [0, 0.05) is 6.07 Å². The highest BCUT2D eigenvalue weighted by Crippen LogP contribution is 2.19. The molecule has 0 fully saturated rings. The summed E-state index contributed by atoms with van der Waals surface area (Å²) in [6.45, 7) is -0.586. The summed E-state index contributed by atoms with van der Waals surface area (Å²) in [4.78, 5) is 11.9. The fraction of sp³-hybridized carbons (Fsp3) is 0.0667. The molecule has 0 radical (unpaired) electrons. The summed E-state index contributed by atoms with van der Waals surface area (Å²) in [6, 6.07) is 6.55. The van der Waals surface area contributed by atoms with E-state index < -0.39 is 30.0 Å². The largest absolute Gasteiger partial charge is 0.481 e. The van der Waals surface area contributed by atoms with Crippen LogP contribution in [0.5, 0.6) is 5.75 Å². The van der Waals surface area contributed by atoms with E-state index in [1.807, 2.05) is 0 Å². The molecule has 2 aromatic carbocycles. The van der Waals surface area contributed by atoms with E-state index in [0.29, 0.717) is 11.8 Å². The van der Waals surface area contributed by atoms with Gasteiger partial charge in [0.05, 0.1) is 11.4 Å². The Bertz CT molecular complexity index is 902. The maximum absolute atomic E-state index is 13.8. The number of aromatic nitrogens is 4.